The SMILES string of the molecule is CNC1CCc2c1cc(-c1ccccc1F)n2S(=O)(=O)c1cccc(Cl)c1. The molecule has 1 aliphatic carbocycles. The van der Waals surface area contributed by atoms with Gasteiger partial charge in [-0.3, -0.25) is 0 Å². The Labute approximate surface area is 162 Å². The molecule has 1 unspecified atom stereocenters. The highest BCUT2D eigenvalue weighted by Crippen LogP contribution is 2.40. The maximum Gasteiger partial charge on any atom is 0.268 e. The van der Waals surface area contributed by atoms with E-state index >= 15 is 0 Å². The van der Waals surface area contributed by atoms with Gasteiger partial charge in [0.25, 0.3) is 10.0 Å². The van der Waals surface area contributed by atoms with E-state index in [1.807, 2.05) is 7.05 Å². The van der Waals surface area contributed by atoms with Crippen molar-refractivity contribution in [3.63, 3.8) is 0 Å². The minimum atomic E-state index is -3.93. The smallest absolute Gasteiger partial charge is 0.268 e. The summed E-state index contributed by atoms with van der Waals surface area (Å²) < 4.78 is 42.7. The molecule has 27 heavy (non-hydrogen) atoms. The lowest BCUT2D eigenvalue weighted by atomic mass is 10.1. The van der Waals surface area contributed by atoms with Crippen LogP contribution in [0, 0.1) is 5.82 Å². The van der Waals surface area contributed by atoms with Gasteiger partial charge in [-0.1, -0.05) is 29.8 Å². The summed E-state index contributed by atoms with van der Waals surface area (Å²) >= 11 is 6.01. The van der Waals surface area contributed by atoms with Gasteiger partial charge in [-0.25, -0.2) is 16.8 Å². The van der Waals surface area contributed by atoms with Crippen LogP contribution >= 0.6 is 11.6 Å². The summed E-state index contributed by atoms with van der Waals surface area (Å²) in [7, 11) is -2.09. The Morgan fingerprint density at radius 3 is 2.63 bits per heavy atom. The van der Waals surface area contributed by atoms with Crippen molar-refractivity contribution in [3.05, 3.63) is 76.7 Å². The van der Waals surface area contributed by atoms with E-state index in [1.54, 1.807) is 36.4 Å². The van der Waals surface area contributed by atoms with Gasteiger partial charge in [0.15, 0.2) is 0 Å². The summed E-state index contributed by atoms with van der Waals surface area (Å²) in [6.45, 7) is 0. The Kier molecular flexibility index (Phi) is 4.58. The monoisotopic (exact) mass is 404 g/mol. The fourth-order valence-electron chi connectivity index (χ4n) is 3.70. The third kappa shape index (κ3) is 2.98. The number of hydrogen-bond acceptors (Lipinski definition) is 3. The summed E-state index contributed by atoms with van der Waals surface area (Å²) in [6.07, 6.45) is 1.39. The van der Waals surface area contributed by atoms with Crippen molar-refractivity contribution in [1.82, 2.24) is 9.29 Å². The first-order valence-electron chi connectivity index (χ1n) is 8.61. The fraction of sp³-hybridized carbons (Fsp3) is 0.200. The summed E-state index contributed by atoms with van der Waals surface area (Å²) in [4.78, 5) is 0.0823. The predicted octanol–water partition coefficient (Wildman–Crippen LogP) is 4.39. The average Bonchev–Trinajstić information content (AvgIpc) is 3.20. The van der Waals surface area contributed by atoms with Crippen LogP contribution in [0.3, 0.4) is 0 Å². The van der Waals surface area contributed by atoms with Crippen molar-refractivity contribution >= 4 is 21.6 Å². The molecule has 0 saturated carbocycles. The Morgan fingerprint density at radius 1 is 1.15 bits per heavy atom. The number of rotatable bonds is 4. The van der Waals surface area contributed by atoms with Gasteiger partial charge in [0.05, 0.1) is 10.6 Å². The van der Waals surface area contributed by atoms with E-state index in [1.165, 1.54) is 22.2 Å². The highest BCUT2D eigenvalue weighted by Gasteiger charge is 2.33. The van der Waals surface area contributed by atoms with Crippen LogP contribution in [-0.4, -0.2) is 19.4 Å². The summed E-state index contributed by atoms with van der Waals surface area (Å²) in [6, 6.07) is 14.2. The van der Waals surface area contributed by atoms with Crippen LogP contribution in [0.5, 0.6) is 0 Å². The maximum atomic E-state index is 14.5. The molecule has 2 aromatic carbocycles. The van der Waals surface area contributed by atoms with Gasteiger partial charge in [-0.15, -0.1) is 0 Å². The molecule has 1 aromatic heterocycles. The molecule has 140 valence electrons. The van der Waals surface area contributed by atoms with Crippen molar-refractivity contribution in [2.75, 3.05) is 7.05 Å². The first-order chi connectivity index (χ1) is 12.9. The molecule has 0 bridgehead atoms. The molecule has 0 amide bonds. The topological polar surface area (TPSA) is 51.1 Å². The normalized spacial score (nSPS) is 16.5. The van der Waals surface area contributed by atoms with Gasteiger partial charge < -0.3 is 5.32 Å². The van der Waals surface area contributed by atoms with Crippen LogP contribution in [0.15, 0.2) is 59.5 Å². The molecule has 0 saturated heterocycles. The zero-order valence-corrected chi connectivity index (χ0v) is 16.2. The highest BCUT2D eigenvalue weighted by molar-refractivity contribution is 7.90. The van der Waals surface area contributed by atoms with Crippen molar-refractivity contribution in [2.24, 2.45) is 0 Å². The van der Waals surface area contributed by atoms with Crippen molar-refractivity contribution in [3.8, 4) is 11.3 Å². The number of fused-ring (bicyclic) bond motifs is 1. The third-order valence-corrected chi connectivity index (χ3v) is 6.95. The number of nitrogens with one attached hydrogen (secondary N) is 1. The fourth-order valence-corrected chi connectivity index (χ4v) is 5.59. The van der Waals surface area contributed by atoms with E-state index < -0.39 is 15.8 Å². The van der Waals surface area contributed by atoms with Gasteiger partial charge in [0, 0.05) is 22.3 Å². The molecule has 3 aromatic rings. The second kappa shape index (κ2) is 6.78. The number of benzene rings is 2. The van der Waals surface area contributed by atoms with E-state index in [0.717, 1.165) is 12.0 Å². The van der Waals surface area contributed by atoms with Crippen LogP contribution in [-0.2, 0) is 16.4 Å². The lowest BCUT2D eigenvalue weighted by Crippen LogP contribution is -2.17. The standard InChI is InChI=1S/C20H18ClFN2O2S/c1-23-18-9-10-19-16(18)12-20(15-7-2-3-8-17(15)22)24(19)27(25,26)14-6-4-5-13(21)11-14/h2-8,11-12,18,23H,9-10H2,1H3. The largest absolute Gasteiger partial charge is 0.313 e. The zero-order valence-electron chi connectivity index (χ0n) is 14.6. The molecular formula is C20H18ClFN2O2S. The van der Waals surface area contributed by atoms with Crippen LogP contribution in [0.4, 0.5) is 4.39 Å². The molecule has 1 aliphatic rings. The molecule has 1 atom stereocenters. The van der Waals surface area contributed by atoms with Crippen LogP contribution in [0.25, 0.3) is 11.3 Å². The predicted molar refractivity (Wildman–Crippen MR) is 104 cm³/mol. The Bertz CT molecular complexity index is 1120. The minimum absolute atomic E-state index is 0.0429. The van der Waals surface area contributed by atoms with Crippen LogP contribution in [0.2, 0.25) is 5.02 Å². The second-order valence-electron chi connectivity index (χ2n) is 6.52. The number of aromatic nitrogens is 1. The Balaban J connectivity index is 2.01. The van der Waals surface area contributed by atoms with E-state index in [9.17, 15) is 12.8 Å². The van der Waals surface area contributed by atoms with Crippen LogP contribution in [0.1, 0.15) is 23.7 Å². The maximum absolute atomic E-state index is 14.5. The lowest BCUT2D eigenvalue weighted by molar-refractivity contribution is 0.581. The lowest BCUT2D eigenvalue weighted by Gasteiger charge is -2.14. The van der Waals surface area contributed by atoms with E-state index in [-0.39, 0.29) is 16.5 Å². The highest BCUT2D eigenvalue weighted by atomic mass is 35.5. The molecule has 4 rings (SSSR count). The van der Waals surface area contributed by atoms with Crippen molar-refractivity contribution < 1.29 is 12.8 Å². The molecule has 0 radical (unpaired) electrons. The summed E-state index contributed by atoms with van der Waals surface area (Å²) in [5.74, 6) is -0.461. The average molecular weight is 405 g/mol. The van der Waals surface area contributed by atoms with Gasteiger partial charge in [0.2, 0.25) is 0 Å². The third-order valence-electron chi connectivity index (χ3n) is 4.97. The Hall–Kier alpha value is -2.15. The van der Waals surface area contributed by atoms with Gasteiger partial charge in [0.1, 0.15) is 5.82 Å². The first-order valence-corrected chi connectivity index (χ1v) is 10.4. The molecule has 7 heteroatoms. The minimum Gasteiger partial charge on any atom is -0.313 e. The summed E-state index contributed by atoms with van der Waals surface area (Å²) in [5, 5.41) is 3.54. The number of hydrogen-bond donors (Lipinski definition) is 1. The molecule has 1 N–H and O–H groups in total. The molecule has 0 spiro atoms. The van der Waals surface area contributed by atoms with E-state index in [4.69, 9.17) is 11.6 Å². The van der Waals surface area contributed by atoms with E-state index in [2.05, 4.69) is 5.32 Å². The van der Waals surface area contributed by atoms with Crippen molar-refractivity contribution in [1.29, 1.82) is 0 Å². The zero-order chi connectivity index (χ0) is 19.2. The number of halogens is 2. The molecule has 4 nitrogen and oxygen atoms in total. The Morgan fingerprint density at radius 2 is 1.93 bits per heavy atom. The van der Waals surface area contributed by atoms with E-state index in [0.29, 0.717) is 22.8 Å². The number of nitrogens with zero attached hydrogens (tertiary/aromatic N) is 1. The second-order valence-corrected chi connectivity index (χ2v) is 8.74. The summed E-state index contributed by atoms with van der Waals surface area (Å²) in [5.41, 5.74) is 2.17. The van der Waals surface area contributed by atoms with Gasteiger partial charge in [-0.2, -0.15) is 0 Å². The molecule has 0 aliphatic heterocycles. The van der Waals surface area contributed by atoms with Gasteiger partial charge >= 0.3 is 0 Å². The van der Waals surface area contributed by atoms with Gasteiger partial charge in [-0.05, 0) is 61.9 Å². The molecule has 1 heterocycles. The van der Waals surface area contributed by atoms with Crippen LogP contribution < -0.4 is 5.32 Å². The quantitative estimate of drug-likeness (QED) is 0.701. The molecule has 0 fully saturated rings. The molecular weight excluding hydrogens is 387 g/mol. The van der Waals surface area contributed by atoms with Crippen molar-refractivity contribution in [2.45, 2.75) is 23.8 Å². The first kappa shape index (κ1) is 18.2.